The number of non-ortho nitro benzene ring substituents is 1. The van der Waals surface area contributed by atoms with Crippen LogP contribution >= 0.6 is 11.8 Å². The second-order valence-corrected chi connectivity index (χ2v) is 7.33. The predicted molar refractivity (Wildman–Crippen MR) is 119 cm³/mol. The molecule has 0 unspecified atom stereocenters. The summed E-state index contributed by atoms with van der Waals surface area (Å²) < 4.78 is 10.4. The zero-order valence-electron chi connectivity index (χ0n) is 17.2. The van der Waals surface area contributed by atoms with Crippen molar-refractivity contribution in [2.24, 2.45) is 4.99 Å². The number of hydrogen-bond donors (Lipinski definition) is 1. The van der Waals surface area contributed by atoms with Gasteiger partial charge in [-0.1, -0.05) is 0 Å². The molecule has 9 nitrogen and oxygen atoms in total. The lowest BCUT2D eigenvalue weighted by Gasteiger charge is -2.12. The van der Waals surface area contributed by atoms with Gasteiger partial charge in [0.25, 0.3) is 11.6 Å². The van der Waals surface area contributed by atoms with Gasteiger partial charge in [0.05, 0.1) is 35.3 Å². The molecule has 162 valence electrons. The van der Waals surface area contributed by atoms with Gasteiger partial charge in [0, 0.05) is 18.2 Å². The van der Waals surface area contributed by atoms with E-state index in [0.717, 1.165) is 17.8 Å². The Balaban J connectivity index is 2.00. The van der Waals surface area contributed by atoms with Crippen molar-refractivity contribution in [3.8, 4) is 17.2 Å². The maximum absolute atomic E-state index is 12.9. The fraction of sp³-hybridized carbons (Fsp3) is 0.238. The van der Waals surface area contributed by atoms with Crippen LogP contribution < -0.4 is 9.47 Å². The predicted octanol–water partition coefficient (Wildman–Crippen LogP) is 4.33. The highest BCUT2D eigenvalue weighted by molar-refractivity contribution is 8.18. The van der Waals surface area contributed by atoms with E-state index in [0.29, 0.717) is 23.1 Å². The van der Waals surface area contributed by atoms with Crippen LogP contribution in [0, 0.1) is 10.1 Å². The van der Waals surface area contributed by atoms with Gasteiger partial charge in [-0.15, -0.1) is 0 Å². The molecule has 1 N–H and O–H groups in total. The summed E-state index contributed by atoms with van der Waals surface area (Å²) in [6, 6.07) is 9.43. The van der Waals surface area contributed by atoms with Crippen LogP contribution in [0.1, 0.15) is 19.4 Å². The highest BCUT2D eigenvalue weighted by Gasteiger charge is 2.33. The number of methoxy groups -OCH3 is 1. The first kappa shape index (κ1) is 22.2. The molecule has 0 spiro atoms. The normalized spacial score (nSPS) is 16.2. The molecule has 31 heavy (non-hydrogen) atoms. The number of carbonyl (C=O) groups is 1. The van der Waals surface area contributed by atoms with Crippen LogP contribution in [0.4, 0.5) is 11.4 Å². The first-order chi connectivity index (χ1) is 14.9. The monoisotopic (exact) mass is 443 g/mol. The first-order valence-corrected chi connectivity index (χ1v) is 10.3. The number of carbonyl (C=O) groups excluding carboxylic acids is 1. The summed E-state index contributed by atoms with van der Waals surface area (Å²) in [4.78, 5) is 29.9. The third-order valence-electron chi connectivity index (χ3n) is 4.39. The number of benzene rings is 2. The van der Waals surface area contributed by atoms with Crippen molar-refractivity contribution < 1.29 is 24.3 Å². The largest absolute Gasteiger partial charge is 0.504 e. The molecule has 2 aromatic carbocycles. The average molecular weight is 443 g/mol. The Bertz CT molecular complexity index is 1070. The Kier molecular flexibility index (Phi) is 6.81. The number of thioether (sulfide) groups is 1. The molecular weight excluding hydrogens is 422 g/mol. The molecule has 1 fully saturated rings. The van der Waals surface area contributed by atoms with Crippen LogP contribution in [-0.2, 0) is 4.79 Å². The Morgan fingerprint density at radius 2 is 1.97 bits per heavy atom. The van der Waals surface area contributed by atoms with Crippen LogP contribution in [-0.4, -0.2) is 46.3 Å². The van der Waals surface area contributed by atoms with Crippen LogP contribution in [0.25, 0.3) is 6.08 Å². The smallest absolute Gasteiger partial charge is 0.274 e. The molecule has 0 aliphatic carbocycles. The van der Waals surface area contributed by atoms with Gasteiger partial charge in [0.1, 0.15) is 5.75 Å². The van der Waals surface area contributed by atoms with E-state index in [9.17, 15) is 20.0 Å². The van der Waals surface area contributed by atoms with Gasteiger partial charge in [-0.05, 0) is 56.0 Å². The van der Waals surface area contributed by atoms with Gasteiger partial charge >= 0.3 is 0 Å². The van der Waals surface area contributed by atoms with Crippen molar-refractivity contribution in [3.63, 3.8) is 0 Å². The first-order valence-electron chi connectivity index (χ1n) is 9.46. The lowest BCUT2D eigenvalue weighted by molar-refractivity contribution is -0.385. The molecule has 2 aromatic rings. The lowest BCUT2D eigenvalue weighted by atomic mass is 10.1. The quantitative estimate of drug-likeness (QED) is 0.385. The zero-order chi connectivity index (χ0) is 22.5. The Morgan fingerprint density at radius 1 is 1.26 bits per heavy atom. The number of amides is 1. The summed E-state index contributed by atoms with van der Waals surface area (Å²) >= 11 is 1.13. The minimum absolute atomic E-state index is 0.0153. The summed E-state index contributed by atoms with van der Waals surface area (Å²) in [7, 11) is 1.57. The van der Waals surface area contributed by atoms with Crippen molar-refractivity contribution >= 4 is 40.3 Å². The number of aromatic hydroxyl groups is 1. The molecular formula is C21H21N3O6S. The zero-order valence-corrected chi connectivity index (χ0v) is 18.0. The number of nitrogens with zero attached hydrogens (tertiary/aromatic N) is 3. The highest BCUT2D eigenvalue weighted by Crippen LogP contribution is 2.40. The maximum atomic E-state index is 12.9. The van der Waals surface area contributed by atoms with Gasteiger partial charge in [0.2, 0.25) is 0 Å². The van der Waals surface area contributed by atoms with Crippen LogP contribution in [0.5, 0.6) is 17.2 Å². The lowest BCUT2D eigenvalue weighted by Crippen LogP contribution is -2.28. The standard InChI is InChI=1S/C21H21N3O6S/c1-4-23-20(26)18(31-21(23)22-14-6-8-16(29-3)9-7-14)11-13-10-15(24(27)28)12-17(19(13)25)30-5-2/h6-12,25H,4-5H2,1-3H3/b18-11+,22-21?. The molecule has 0 radical (unpaired) electrons. The fourth-order valence-corrected chi connectivity index (χ4v) is 3.93. The summed E-state index contributed by atoms with van der Waals surface area (Å²) in [6.07, 6.45) is 1.41. The molecule has 1 amide bonds. The summed E-state index contributed by atoms with van der Waals surface area (Å²) in [6.45, 7) is 4.14. The molecule has 1 saturated heterocycles. The Morgan fingerprint density at radius 3 is 2.55 bits per heavy atom. The van der Waals surface area contributed by atoms with Crippen LogP contribution in [0.15, 0.2) is 46.3 Å². The SMILES string of the molecule is CCOc1cc([N+](=O)[O-])cc(/C=C2/SC(=Nc3ccc(OC)cc3)N(CC)C2=O)c1O. The molecule has 1 aliphatic rings. The van der Waals surface area contributed by atoms with E-state index in [1.165, 1.54) is 17.0 Å². The van der Waals surface area contributed by atoms with Gasteiger partial charge in [0.15, 0.2) is 16.7 Å². The Labute approximate surface area is 183 Å². The van der Waals surface area contributed by atoms with Crippen molar-refractivity contribution in [1.29, 1.82) is 0 Å². The van der Waals surface area contributed by atoms with E-state index in [1.807, 2.05) is 6.92 Å². The topological polar surface area (TPSA) is 115 Å². The number of amidine groups is 1. The minimum Gasteiger partial charge on any atom is -0.504 e. The third-order valence-corrected chi connectivity index (χ3v) is 5.39. The van der Waals surface area contributed by atoms with E-state index >= 15 is 0 Å². The number of nitro groups is 1. The Hall–Kier alpha value is -3.53. The minimum atomic E-state index is -0.581. The number of phenols is 1. The van der Waals surface area contributed by atoms with E-state index < -0.39 is 4.92 Å². The van der Waals surface area contributed by atoms with Gasteiger partial charge < -0.3 is 14.6 Å². The second kappa shape index (κ2) is 9.52. The molecule has 0 aromatic heterocycles. The molecule has 0 atom stereocenters. The molecule has 0 saturated carbocycles. The third kappa shape index (κ3) is 4.80. The molecule has 1 heterocycles. The van der Waals surface area contributed by atoms with Gasteiger partial charge in [-0.2, -0.15) is 0 Å². The van der Waals surface area contributed by atoms with Crippen LogP contribution in [0.3, 0.4) is 0 Å². The number of rotatable bonds is 7. The van der Waals surface area contributed by atoms with Crippen LogP contribution in [0.2, 0.25) is 0 Å². The molecule has 10 heteroatoms. The second-order valence-electron chi connectivity index (χ2n) is 6.32. The number of nitro benzene ring substituents is 1. The number of ether oxygens (including phenoxy) is 2. The highest BCUT2D eigenvalue weighted by atomic mass is 32.2. The summed E-state index contributed by atoms with van der Waals surface area (Å²) in [5.74, 6) is 0.109. The number of hydrogen-bond acceptors (Lipinski definition) is 8. The maximum Gasteiger partial charge on any atom is 0.274 e. The van der Waals surface area contributed by atoms with Gasteiger partial charge in [-0.25, -0.2) is 4.99 Å². The van der Waals surface area contributed by atoms with E-state index in [1.54, 1.807) is 38.3 Å². The molecule has 0 bridgehead atoms. The number of aliphatic imine (C=N–C) groups is 1. The number of likely N-dealkylation sites (N-methyl/N-ethyl adjacent to an activating group) is 1. The van der Waals surface area contributed by atoms with Gasteiger partial charge in [-0.3, -0.25) is 19.8 Å². The fourth-order valence-electron chi connectivity index (χ4n) is 2.87. The van der Waals surface area contributed by atoms with E-state index in [4.69, 9.17) is 9.47 Å². The van der Waals surface area contributed by atoms with E-state index in [2.05, 4.69) is 4.99 Å². The van der Waals surface area contributed by atoms with Crippen molar-refractivity contribution in [2.75, 3.05) is 20.3 Å². The van der Waals surface area contributed by atoms with Crippen molar-refractivity contribution in [2.45, 2.75) is 13.8 Å². The summed E-state index contributed by atoms with van der Waals surface area (Å²) in [5, 5.41) is 22.2. The van der Waals surface area contributed by atoms with Crippen molar-refractivity contribution in [1.82, 2.24) is 4.90 Å². The van der Waals surface area contributed by atoms with Crippen molar-refractivity contribution in [3.05, 3.63) is 57.0 Å². The average Bonchev–Trinajstić information content (AvgIpc) is 3.05. The summed E-state index contributed by atoms with van der Waals surface area (Å²) in [5.41, 5.74) is 0.519. The van der Waals surface area contributed by atoms with E-state index in [-0.39, 0.29) is 40.2 Å². The molecule has 3 rings (SSSR count). The number of phenolic OH excluding ortho intramolecular Hbond substituents is 1. The molecule has 1 aliphatic heterocycles.